The second kappa shape index (κ2) is 8.38. The molecule has 0 aliphatic carbocycles. The molecular formula is C16H25. The predicted octanol–water partition coefficient (Wildman–Crippen LogP) is 5.34. The summed E-state index contributed by atoms with van der Waals surface area (Å²) >= 11 is 0. The maximum atomic E-state index is 3.37. The highest BCUT2D eigenvalue weighted by Crippen LogP contribution is 2.25. The Kier molecular flexibility index (Phi) is 6.96. The zero-order valence-corrected chi connectivity index (χ0v) is 10.8. The summed E-state index contributed by atoms with van der Waals surface area (Å²) in [6.07, 6.45) is 9.50. The van der Waals surface area contributed by atoms with Gasteiger partial charge in [-0.25, -0.2) is 0 Å². The van der Waals surface area contributed by atoms with Crippen LogP contribution in [0.1, 0.15) is 70.3 Å². The van der Waals surface area contributed by atoms with Crippen LogP contribution in [0.15, 0.2) is 24.3 Å². The van der Waals surface area contributed by atoms with Gasteiger partial charge in [0.1, 0.15) is 0 Å². The van der Waals surface area contributed by atoms with E-state index in [0.717, 1.165) is 5.92 Å². The Morgan fingerprint density at radius 1 is 1.06 bits per heavy atom. The first-order valence-corrected chi connectivity index (χ1v) is 6.85. The third kappa shape index (κ3) is 4.83. The van der Waals surface area contributed by atoms with Crippen LogP contribution < -0.4 is 0 Å². The minimum absolute atomic E-state index is 0.725. The van der Waals surface area contributed by atoms with E-state index in [9.17, 15) is 0 Å². The van der Waals surface area contributed by atoms with Gasteiger partial charge < -0.3 is 0 Å². The zero-order chi connectivity index (χ0) is 11.6. The van der Waals surface area contributed by atoms with Crippen molar-refractivity contribution in [2.45, 2.75) is 64.7 Å². The molecule has 0 saturated carbocycles. The van der Waals surface area contributed by atoms with Gasteiger partial charge in [-0.3, -0.25) is 0 Å². The fourth-order valence-corrected chi connectivity index (χ4v) is 2.23. The van der Waals surface area contributed by atoms with Gasteiger partial charge in [-0.1, -0.05) is 70.2 Å². The monoisotopic (exact) mass is 217 g/mol. The molecule has 1 aromatic rings. The molecule has 1 atom stereocenters. The van der Waals surface area contributed by atoms with Crippen molar-refractivity contribution in [1.82, 2.24) is 0 Å². The number of unbranched alkanes of at least 4 members (excludes halogenated alkanes) is 4. The molecule has 1 aromatic carbocycles. The molecule has 1 unspecified atom stereocenters. The molecule has 0 aliphatic rings. The lowest BCUT2D eigenvalue weighted by Crippen LogP contribution is -1.97. The first-order chi connectivity index (χ1) is 7.88. The van der Waals surface area contributed by atoms with E-state index >= 15 is 0 Å². The van der Waals surface area contributed by atoms with Crippen molar-refractivity contribution >= 4 is 0 Å². The van der Waals surface area contributed by atoms with Gasteiger partial charge in [0.25, 0.3) is 0 Å². The summed E-state index contributed by atoms with van der Waals surface area (Å²) in [5.74, 6) is 0.725. The van der Waals surface area contributed by atoms with Crippen LogP contribution in [0.4, 0.5) is 0 Å². The van der Waals surface area contributed by atoms with Gasteiger partial charge in [-0.05, 0) is 30.4 Å². The van der Waals surface area contributed by atoms with Gasteiger partial charge in [0, 0.05) is 0 Å². The van der Waals surface area contributed by atoms with Crippen molar-refractivity contribution in [3.63, 3.8) is 0 Å². The fraction of sp³-hybridized carbons (Fsp3) is 0.625. The summed E-state index contributed by atoms with van der Waals surface area (Å²) in [6.45, 7) is 4.56. The molecule has 0 N–H and O–H groups in total. The van der Waals surface area contributed by atoms with Crippen LogP contribution in [0.5, 0.6) is 0 Å². The van der Waals surface area contributed by atoms with Crippen LogP contribution in [-0.4, -0.2) is 0 Å². The van der Waals surface area contributed by atoms with E-state index in [1.165, 1.54) is 50.5 Å². The molecule has 0 aromatic heterocycles. The number of hydrogen-bond donors (Lipinski definition) is 0. The molecule has 0 aliphatic heterocycles. The Labute approximate surface area is 101 Å². The van der Waals surface area contributed by atoms with E-state index < -0.39 is 0 Å². The largest absolute Gasteiger partial charge is 0.0654 e. The minimum Gasteiger partial charge on any atom is -0.0654 e. The van der Waals surface area contributed by atoms with Crippen LogP contribution in [0, 0.1) is 6.07 Å². The molecule has 0 saturated heterocycles. The average Bonchev–Trinajstić information content (AvgIpc) is 2.35. The first-order valence-electron chi connectivity index (χ1n) is 6.85. The smallest absolute Gasteiger partial charge is 0.0146 e. The highest BCUT2D eigenvalue weighted by atomic mass is 14.1. The van der Waals surface area contributed by atoms with Crippen molar-refractivity contribution in [3.8, 4) is 0 Å². The van der Waals surface area contributed by atoms with Gasteiger partial charge in [0.05, 0.1) is 0 Å². The van der Waals surface area contributed by atoms with Crippen molar-refractivity contribution < 1.29 is 0 Å². The Balaban J connectivity index is 2.27. The molecule has 1 radical (unpaired) electrons. The predicted molar refractivity (Wildman–Crippen MR) is 71.7 cm³/mol. The molecule has 1 rings (SSSR count). The van der Waals surface area contributed by atoms with E-state index in [1.54, 1.807) is 0 Å². The van der Waals surface area contributed by atoms with E-state index in [-0.39, 0.29) is 0 Å². The maximum absolute atomic E-state index is 3.37. The lowest BCUT2D eigenvalue weighted by molar-refractivity contribution is 0.534. The van der Waals surface area contributed by atoms with Gasteiger partial charge >= 0.3 is 0 Å². The second-order valence-corrected chi connectivity index (χ2v) is 4.63. The number of benzene rings is 1. The summed E-state index contributed by atoms with van der Waals surface area (Å²) in [5, 5.41) is 0. The Morgan fingerprint density at radius 3 is 2.50 bits per heavy atom. The molecule has 0 heteroatoms. The number of rotatable bonds is 8. The summed E-state index contributed by atoms with van der Waals surface area (Å²) < 4.78 is 0. The molecule has 0 spiro atoms. The first kappa shape index (κ1) is 13.3. The second-order valence-electron chi connectivity index (χ2n) is 4.63. The normalized spacial score (nSPS) is 12.6. The SMILES string of the molecule is CCCCCCCC(CC)c1[c]cccc1. The van der Waals surface area contributed by atoms with Crippen LogP contribution in [0.2, 0.25) is 0 Å². The van der Waals surface area contributed by atoms with Crippen molar-refractivity contribution in [3.05, 3.63) is 35.9 Å². The highest BCUT2D eigenvalue weighted by Gasteiger charge is 2.08. The highest BCUT2D eigenvalue weighted by molar-refractivity contribution is 5.17. The molecule has 0 bridgehead atoms. The Hall–Kier alpha value is -0.780. The summed E-state index contributed by atoms with van der Waals surface area (Å²) in [4.78, 5) is 0. The van der Waals surface area contributed by atoms with Crippen LogP contribution in [0.3, 0.4) is 0 Å². The molecule has 0 amide bonds. The lowest BCUT2D eigenvalue weighted by Gasteiger charge is -2.14. The van der Waals surface area contributed by atoms with Crippen LogP contribution in [-0.2, 0) is 0 Å². The van der Waals surface area contributed by atoms with Gasteiger partial charge in [0.2, 0.25) is 0 Å². The van der Waals surface area contributed by atoms with Gasteiger partial charge in [0.15, 0.2) is 0 Å². The van der Waals surface area contributed by atoms with Gasteiger partial charge in [-0.2, -0.15) is 0 Å². The van der Waals surface area contributed by atoms with Crippen LogP contribution in [0.25, 0.3) is 0 Å². The summed E-state index contributed by atoms with van der Waals surface area (Å²) in [6, 6.07) is 11.8. The van der Waals surface area contributed by atoms with Gasteiger partial charge in [-0.15, -0.1) is 0 Å². The summed E-state index contributed by atoms with van der Waals surface area (Å²) in [7, 11) is 0. The maximum Gasteiger partial charge on any atom is -0.0146 e. The Morgan fingerprint density at radius 2 is 1.88 bits per heavy atom. The third-order valence-corrected chi connectivity index (χ3v) is 3.32. The molecule has 89 valence electrons. The minimum atomic E-state index is 0.725. The molecule has 16 heavy (non-hydrogen) atoms. The standard InChI is InChI=1S/C16H25/c1-3-5-6-7-9-12-15(4-2)16-13-10-8-11-14-16/h8,10-11,13,15H,3-7,9,12H2,1-2H3. The topological polar surface area (TPSA) is 0 Å². The molecular weight excluding hydrogens is 192 g/mol. The lowest BCUT2D eigenvalue weighted by atomic mass is 9.91. The van der Waals surface area contributed by atoms with Crippen LogP contribution >= 0.6 is 0 Å². The molecule has 0 fully saturated rings. The fourth-order valence-electron chi connectivity index (χ4n) is 2.23. The Bertz CT molecular complexity index is 250. The zero-order valence-electron chi connectivity index (χ0n) is 10.8. The van der Waals surface area contributed by atoms with Crippen molar-refractivity contribution in [2.24, 2.45) is 0 Å². The summed E-state index contributed by atoms with van der Waals surface area (Å²) in [5.41, 5.74) is 1.40. The van der Waals surface area contributed by atoms with E-state index in [1.807, 2.05) is 6.07 Å². The van der Waals surface area contributed by atoms with Crippen molar-refractivity contribution in [1.29, 1.82) is 0 Å². The van der Waals surface area contributed by atoms with E-state index in [2.05, 4.69) is 38.1 Å². The van der Waals surface area contributed by atoms with E-state index in [0.29, 0.717) is 0 Å². The van der Waals surface area contributed by atoms with E-state index in [4.69, 9.17) is 0 Å². The van der Waals surface area contributed by atoms with Crippen molar-refractivity contribution in [2.75, 3.05) is 0 Å². The average molecular weight is 217 g/mol. The molecule has 0 nitrogen and oxygen atoms in total. The molecule has 0 heterocycles. The third-order valence-electron chi connectivity index (χ3n) is 3.32. The number of hydrogen-bond acceptors (Lipinski definition) is 0. The quantitative estimate of drug-likeness (QED) is 0.515.